The molecule has 1 atom stereocenters. The zero-order valence-corrected chi connectivity index (χ0v) is 10.1. The van der Waals surface area contributed by atoms with Crippen LogP contribution in [0.5, 0.6) is 0 Å². The number of para-hydroxylation sites is 1. The van der Waals surface area contributed by atoms with Crippen LogP contribution in [0.25, 0.3) is 5.69 Å². The number of nitrogens with two attached hydrogens (primary N) is 1. The summed E-state index contributed by atoms with van der Waals surface area (Å²) in [5.41, 5.74) is 7.50. The highest BCUT2D eigenvalue weighted by Crippen LogP contribution is 2.24. The second-order valence-electron chi connectivity index (χ2n) is 3.43. The minimum absolute atomic E-state index is 0.0981. The van der Waals surface area contributed by atoms with Crippen molar-refractivity contribution in [1.82, 2.24) is 9.78 Å². The Morgan fingerprint density at radius 3 is 2.69 bits per heavy atom. The molecule has 2 rings (SSSR count). The zero-order valence-electron chi connectivity index (χ0n) is 8.55. The predicted octanol–water partition coefficient (Wildman–Crippen LogP) is 1.63. The third-order valence-electron chi connectivity index (χ3n) is 2.33. The number of aliphatic hydroxyl groups is 1. The summed E-state index contributed by atoms with van der Waals surface area (Å²) in [6, 6.07) is 9.32. The SMILES string of the molecule is NC(CO)c1cnn(-c2ccccc2)c1Br. The summed E-state index contributed by atoms with van der Waals surface area (Å²) in [7, 11) is 0. The van der Waals surface area contributed by atoms with Gasteiger partial charge in [-0.2, -0.15) is 5.10 Å². The van der Waals surface area contributed by atoms with Crippen molar-refractivity contribution in [3.8, 4) is 5.69 Å². The van der Waals surface area contributed by atoms with Crippen LogP contribution in [0, 0.1) is 0 Å². The van der Waals surface area contributed by atoms with Crippen LogP contribution in [-0.2, 0) is 0 Å². The van der Waals surface area contributed by atoms with Gasteiger partial charge in [0, 0.05) is 5.56 Å². The lowest BCUT2D eigenvalue weighted by molar-refractivity contribution is 0.267. The number of benzene rings is 1. The quantitative estimate of drug-likeness (QED) is 0.899. The molecule has 0 spiro atoms. The summed E-state index contributed by atoms with van der Waals surface area (Å²) in [5, 5.41) is 13.2. The van der Waals surface area contributed by atoms with Gasteiger partial charge >= 0.3 is 0 Å². The van der Waals surface area contributed by atoms with E-state index in [1.807, 2.05) is 30.3 Å². The molecule has 0 amide bonds. The number of nitrogens with zero attached hydrogens (tertiary/aromatic N) is 2. The molecule has 1 aromatic carbocycles. The van der Waals surface area contributed by atoms with Gasteiger partial charge in [-0.05, 0) is 28.1 Å². The molecule has 3 N–H and O–H groups in total. The first-order valence-corrected chi connectivity index (χ1v) is 5.68. The minimum Gasteiger partial charge on any atom is -0.394 e. The number of hydrogen-bond donors (Lipinski definition) is 2. The van der Waals surface area contributed by atoms with Gasteiger partial charge in [0.25, 0.3) is 0 Å². The van der Waals surface area contributed by atoms with E-state index in [9.17, 15) is 0 Å². The number of hydrogen-bond acceptors (Lipinski definition) is 3. The van der Waals surface area contributed by atoms with E-state index < -0.39 is 6.04 Å². The topological polar surface area (TPSA) is 64.1 Å². The van der Waals surface area contributed by atoms with Crippen LogP contribution in [0.3, 0.4) is 0 Å². The number of halogens is 1. The largest absolute Gasteiger partial charge is 0.394 e. The van der Waals surface area contributed by atoms with Crippen LogP contribution in [-0.4, -0.2) is 21.5 Å². The van der Waals surface area contributed by atoms with Crippen molar-refractivity contribution in [2.75, 3.05) is 6.61 Å². The van der Waals surface area contributed by atoms with Crippen molar-refractivity contribution in [2.24, 2.45) is 5.73 Å². The smallest absolute Gasteiger partial charge is 0.114 e. The molecule has 0 radical (unpaired) electrons. The summed E-state index contributed by atoms with van der Waals surface area (Å²) in [4.78, 5) is 0. The van der Waals surface area contributed by atoms with E-state index in [0.29, 0.717) is 0 Å². The molecule has 0 aliphatic rings. The highest BCUT2D eigenvalue weighted by Gasteiger charge is 2.14. The molecule has 0 saturated heterocycles. The lowest BCUT2D eigenvalue weighted by atomic mass is 10.2. The van der Waals surface area contributed by atoms with Gasteiger partial charge in [-0.25, -0.2) is 4.68 Å². The monoisotopic (exact) mass is 281 g/mol. The second-order valence-corrected chi connectivity index (χ2v) is 4.18. The van der Waals surface area contributed by atoms with Crippen molar-refractivity contribution in [3.63, 3.8) is 0 Å². The van der Waals surface area contributed by atoms with Crippen LogP contribution in [0.1, 0.15) is 11.6 Å². The lowest BCUT2D eigenvalue weighted by Gasteiger charge is -2.07. The van der Waals surface area contributed by atoms with Gasteiger partial charge < -0.3 is 10.8 Å². The Kier molecular flexibility index (Phi) is 3.38. The first kappa shape index (κ1) is 11.3. The predicted molar refractivity (Wildman–Crippen MR) is 65.3 cm³/mol. The summed E-state index contributed by atoms with van der Waals surface area (Å²) in [6.45, 7) is -0.0981. The van der Waals surface area contributed by atoms with Crippen LogP contribution < -0.4 is 5.73 Å². The summed E-state index contributed by atoms with van der Waals surface area (Å²) in [6.07, 6.45) is 1.66. The maximum atomic E-state index is 9.01. The van der Waals surface area contributed by atoms with Crippen LogP contribution >= 0.6 is 15.9 Å². The molecule has 0 saturated carbocycles. The highest BCUT2D eigenvalue weighted by atomic mass is 79.9. The maximum absolute atomic E-state index is 9.01. The molecular formula is C11H12BrN3O. The first-order chi connectivity index (χ1) is 7.74. The van der Waals surface area contributed by atoms with Gasteiger partial charge in [-0.3, -0.25) is 0 Å². The van der Waals surface area contributed by atoms with Gasteiger partial charge in [0.2, 0.25) is 0 Å². The van der Waals surface area contributed by atoms with E-state index in [1.165, 1.54) is 0 Å². The molecule has 2 aromatic rings. The molecule has 1 unspecified atom stereocenters. The number of aromatic nitrogens is 2. The standard InChI is InChI=1S/C11H12BrN3O/c12-11-9(10(13)7-16)6-14-15(11)8-4-2-1-3-5-8/h1-6,10,16H,7,13H2. The molecule has 0 bridgehead atoms. The average Bonchev–Trinajstić information content (AvgIpc) is 2.71. The normalized spacial score (nSPS) is 12.7. The molecule has 0 fully saturated rings. The summed E-state index contributed by atoms with van der Waals surface area (Å²) >= 11 is 3.44. The van der Waals surface area contributed by atoms with Crippen LogP contribution in [0.4, 0.5) is 0 Å². The van der Waals surface area contributed by atoms with E-state index in [4.69, 9.17) is 10.8 Å². The first-order valence-electron chi connectivity index (χ1n) is 4.89. The molecule has 0 aliphatic heterocycles. The van der Waals surface area contributed by atoms with E-state index in [2.05, 4.69) is 21.0 Å². The second kappa shape index (κ2) is 4.78. The Labute approximate surface area is 102 Å². The molecular weight excluding hydrogens is 270 g/mol. The van der Waals surface area contributed by atoms with E-state index in [1.54, 1.807) is 10.9 Å². The van der Waals surface area contributed by atoms with Gasteiger partial charge in [0.1, 0.15) is 4.60 Å². The molecule has 16 heavy (non-hydrogen) atoms. The average molecular weight is 282 g/mol. The highest BCUT2D eigenvalue weighted by molar-refractivity contribution is 9.10. The molecule has 4 nitrogen and oxygen atoms in total. The molecule has 84 valence electrons. The zero-order chi connectivity index (χ0) is 11.5. The maximum Gasteiger partial charge on any atom is 0.114 e. The molecule has 1 aromatic heterocycles. The molecule has 1 heterocycles. The van der Waals surface area contributed by atoms with E-state index in [-0.39, 0.29) is 6.61 Å². The fourth-order valence-electron chi connectivity index (χ4n) is 1.44. The van der Waals surface area contributed by atoms with Crippen LogP contribution in [0.2, 0.25) is 0 Å². The Morgan fingerprint density at radius 2 is 2.06 bits per heavy atom. The third-order valence-corrected chi connectivity index (χ3v) is 3.13. The molecule has 5 heteroatoms. The minimum atomic E-state index is -0.410. The Morgan fingerprint density at radius 1 is 1.38 bits per heavy atom. The Hall–Kier alpha value is -1.17. The van der Waals surface area contributed by atoms with Crippen molar-refractivity contribution < 1.29 is 5.11 Å². The van der Waals surface area contributed by atoms with Crippen molar-refractivity contribution in [3.05, 3.63) is 46.7 Å². The van der Waals surface area contributed by atoms with Crippen molar-refractivity contribution in [2.45, 2.75) is 6.04 Å². The van der Waals surface area contributed by atoms with Crippen molar-refractivity contribution >= 4 is 15.9 Å². The summed E-state index contributed by atoms with van der Waals surface area (Å²) in [5.74, 6) is 0. The van der Waals surface area contributed by atoms with Gasteiger partial charge in [-0.15, -0.1) is 0 Å². The Bertz CT molecular complexity index is 469. The van der Waals surface area contributed by atoms with Gasteiger partial charge in [0.15, 0.2) is 0 Å². The van der Waals surface area contributed by atoms with Gasteiger partial charge in [-0.1, -0.05) is 18.2 Å². The van der Waals surface area contributed by atoms with E-state index in [0.717, 1.165) is 15.9 Å². The summed E-state index contributed by atoms with van der Waals surface area (Å²) < 4.78 is 2.52. The third kappa shape index (κ3) is 2.02. The van der Waals surface area contributed by atoms with Crippen molar-refractivity contribution in [1.29, 1.82) is 0 Å². The van der Waals surface area contributed by atoms with Crippen LogP contribution in [0.15, 0.2) is 41.1 Å². The molecule has 0 aliphatic carbocycles. The number of aliphatic hydroxyl groups excluding tert-OH is 1. The van der Waals surface area contributed by atoms with E-state index >= 15 is 0 Å². The fraction of sp³-hybridized carbons (Fsp3) is 0.182. The number of rotatable bonds is 3. The fourth-order valence-corrected chi connectivity index (χ4v) is 2.14. The van der Waals surface area contributed by atoms with Gasteiger partial charge in [0.05, 0.1) is 24.5 Å². The lowest BCUT2D eigenvalue weighted by Crippen LogP contribution is -2.14. The Balaban J connectivity index is 2.41.